The Bertz CT molecular complexity index is 709. The van der Waals surface area contributed by atoms with Crippen LogP contribution in [0.5, 0.6) is 0 Å². The lowest BCUT2D eigenvalue weighted by Crippen LogP contribution is -2.46. The predicted octanol–water partition coefficient (Wildman–Crippen LogP) is 1.83. The van der Waals surface area contributed by atoms with Crippen molar-refractivity contribution in [3.63, 3.8) is 0 Å². The maximum Gasteiger partial charge on any atom is 0.244 e. The summed E-state index contributed by atoms with van der Waals surface area (Å²) in [4.78, 5) is 14.7. The van der Waals surface area contributed by atoms with Crippen molar-refractivity contribution in [2.24, 2.45) is 5.41 Å². The average molecular weight is 323 g/mol. The maximum absolute atomic E-state index is 13.0. The van der Waals surface area contributed by atoms with Crippen molar-refractivity contribution in [3.8, 4) is 0 Å². The third-order valence-electron chi connectivity index (χ3n) is 4.86. The summed E-state index contributed by atoms with van der Waals surface area (Å²) in [5.41, 5.74) is -1.47. The number of rotatable bonds is 2. The van der Waals surface area contributed by atoms with E-state index in [0.29, 0.717) is 6.61 Å². The topological polar surface area (TPSA) is 63.7 Å². The van der Waals surface area contributed by atoms with Gasteiger partial charge in [0.1, 0.15) is 5.72 Å². The molecule has 1 aromatic carbocycles. The van der Waals surface area contributed by atoms with Crippen molar-refractivity contribution >= 4 is 15.7 Å². The molecule has 3 rings (SSSR count). The molecule has 5 nitrogen and oxygen atoms in total. The van der Waals surface area contributed by atoms with Gasteiger partial charge in [-0.25, -0.2) is 8.42 Å². The fourth-order valence-electron chi connectivity index (χ4n) is 3.67. The van der Waals surface area contributed by atoms with E-state index in [1.165, 1.54) is 0 Å². The van der Waals surface area contributed by atoms with Gasteiger partial charge in [-0.1, -0.05) is 32.0 Å². The van der Waals surface area contributed by atoms with E-state index in [1.807, 2.05) is 13.8 Å². The molecule has 1 amide bonds. The number of hydrogen-bond donors (Lipinski definition) is 0. The Morgan fingerprint density at radius 2 is 1.73 bits per heavy atom. The van der Waals surface area contributed by atoms with Gasteiger partial charge < -0.3 is 9.64 Å². The Hall–Kier alpha value is -1.40. The van der Waals surface area contributed by atoms with E-state index >= 15 is 0 Å². The number of fused-ring (bicyclic) bond motifs is 1. The van der Waals surface area contributed by atoms with Crippen LogP contribution in [0.25, 0.3) is 0 Å². The number of sulfone groups is 1. The number of carbonyl (C=O) groups excluding carboxylic acids is 1. The molecule has 2 heterocycles. The first-order valence-corrected chi connectivity index (χ1v) is 8.91. The highest BCUT2D eigenvalue weighted by Crippen LogP contribution is 2.49. The number of carbonyl (C=O) groups is 1. The largest absolute Gasteiger partial charge is 0.354 e. The number of benzene rings is 1. The molecule has 2 saturated heterocycles. The SMILES string of the molecule is CC1(C)C2COC(C)(C)N2C(=O)C1S(=O)(=O)c1ccccc1. The van der Waals surface area contributed by atoms with Gasteiger partial charge in [0.25, 0.3) is 0 Å². The van der Waals surface area contributed by atoms with Crippen molar-refractivity contribution < 1.29 is 17.9 Å². The molecule has 0 radical (unpaired) electrons. The summed E-state index contributed by atoms with van der Waals surface area (Å²) < 4.78 is 31.7. The standard InChI is InChI=1S/C16H21NO4S/c1-15(2)12-10-21-16(3,4)17(12)14(18)13(15)22(19,20)11-8-6-5-7-9-11/h5-9,12-13H,10H2,1-4H3. The molecule has 0 spiro atoms. The second-order valence-electron chi connectivity index (χ2n) is 7.04. The zero-order valence-corrected chi connectivity index (χ0v) is 14.1. The second-order valence-corrected chi connectivity index (χ2v) is 9.07. The van der Waals surface area contributed by atoms with Crippen LogP contribution >= 0.6 is 0 Å². The first-order valence-electron chi connectivity index (χ1n) is 7.36. The van der Waals surface area contributed by atoms with E-state index in [-0.39, 0.29) is 16.8 Å². The normalized spacial score (nSPS) is 29.6. The van der Waals surface area contributed by atoms with Crippen LogP contribution in [-0.4, -0.2) is 42.8 Å². The number of nitrogens with zero attached hydrogens (tertiary/aromatic N) is 1. The molecule has 120 valence electrons. The van der Waals surface area contributed by atoms with Gasteiger partial charge in [-0.2, -0.15) is 0 Å². The van der Waals surface area contributed by atoms with Crippen molar-refractivity contribution in [2.75, 3.05) is 6.61 Å². The van der Waals surface area contributed by atoms with Crippen LogP contribution in [0, 0.1) is 5.41 Å². The highest BCUT2D eigenvalue weighted by molar-refractivity contribution is 7.92. The summed E-state index contributed by atoms with van der Waals surface area (Å²) in [6.45, 7) is 7.65. The van der Waals surface area contributed by atoms with Crippen LogP contribution < -0.4 is 0 Å². The molecule has 2 aliphatic heterocycles. The molecule has 0 aliphatic carbocycles. The van der Waals surface area contributed by atoms with Gasteiger partial charge in [0.15, 0.2) is 15.1 Å². The fourth-order valence-corrected chi connectivity index (χ4v) is 5.81. The highest BCUT2D eigenvalue weighted by atomic mass is 32.2. The lowest BCUT2D eigenvalue weighted by Gasteiger charge is -2.30. The summed E-state index contributed by atoms with van der Waals surface area (Å²) >= 11 is 0. The quantitative estimate of drug-likeness (QED) is 0.833. The summed E-state index contributed by atoms with van der Waals surface area (Å²) in [6, 6.07) is 7.98. The smallest absolute Gasteiger partial charge is 0.244 e. The first kappa shape index (κ1) is 15.5. The second kappa shape index (κ2) is 4.55. The van der Waals surface area contributed by atoms with E-state index in [9.17, 15) is 13.2 Å². The first-order chi connectivity index (χ1) is 10.1. The van der Waals surface area contributed by atoms with Crippen molar-refractivity contribution in [1.29, 1.82) is 0 Å². The van der Waals surface area contributed by atoms with E-state index in [4.69, 9.17) is 4.74 Å². The Labute approximate surface area is 131 Å². The molecule has 2 unspecified atom stereocenters. The molecule has 2 aliphatic rings. The van der Waals surface area contributed by atoms with Gasteiger partial charge in [-0.3, -0.25) is 4.79 Å². The third-order valence-corrected chi connectivity index (χ3v) is 7.22. The zero-order valence-electron chi connectivity index (χ0n) is 13.2. The van der Waals surface area contributed by atoms with E-state index in [2.05, 4.69) is 0 Å². The number of ether oxygens (including phenoxy) is 1. The van der Waals surface area contributed by atoms with Crippen LogP contribution in [0.2, 0.25) is 0 Å². The van der Waals surface area contributed by atoms with Crippen LogP contribution in [0.4, 0.5) is 0 Å². The molecule has 2 fully saturated rings. The molecular weight excluding hydrogens is 302 g/mol. The van der Waals surface area contributed by atoms with Gasteiger partial charge in [0.2, 0.25) is 5.91 Å². The Morgan fingerprint density at radius 3 is 2.27 bits per heavy atom. The summed E-state index contributed by atoms with van der Waals surface area (Å²) in [6.07, 6.45) is 0. The minimum Gasteiger partial charge on any atom is -0.354 e. The third kappa shape index (κ3) is 1.93. The summed E-state index contributed by atoms with van der Waals surface area (Å²) in [5, 5.41) is -1.07. The number of amides is 1. The van der Waals surface area contributed by atoms with Gasteiger partial charge in [-0.15, -0.1) is 0 Å². The van der Waals surface area contributed by atoms with Crippen LogP contribution in [0.15, 0.2) is 35.2 Å². The summed E-state index contributed by atoms with van der Waals surface area (Å²) in [5.74, 6) is -0.360. The average Bonchev–Trinajstić information content (AvgIpc) is 2.85. The van der Waals surface area contributed by atoms with E-state index < -0.39 is 26.2 Å². The highest BCUT2D eigenvalue weighted by Gasteiger charge is 2.65. The minimum atomic E-state index is -3.73. The maximum atomic E-state index is 13.0. The van der Waals surface area contributed by atoms with E-state index in [1.54, 1.807) is 49.1 Å². The molecule has 0 aromatic heterocycles. The monoisotopic (exact) mass is 323 g/mol. The zero-order chi connectivity index (χ0) is 16.3. The molecule has 22 heavy (non-hydrogen) atoms. The van der Waals surface area contributed by atoms with E-state index in [0.717, 1.165) is 0 Å². The minimum absolute atomic E-state index is 0.196. The molecule has 0 N–H and O–H groups in total. The lowest BCUT2D eigenvalue weighted by atomic mass is 9.85. The van der Waals surface area contributed by atoms with Gasteiger partial charge in [-0.05, 0) is 26.0 Å². The Balaban J connectivity index is 2.11. The van der Waals surface area contributed by atoms with Gasteiger partial charge in [0, 0.05) is 5.41 Å². The van der Waals surface area contributed by atoms with Crippen molar-refractivity contribution in [3.05, 3.63) is 30.3 Å². The molecular formula is C16H21NO4S. The van der Waals surface area contributed by atoms with Gasteiger partial charge >= 0.3 is 0 Å². The Morgan fingerprint density at radius 1 is 1.14 bits per heavy atom. The van der Waals surface area contributed by atoms with Crippen LogP contribution in [0.3, 0.4) is 0 Å². The Kier molecular flexibility index (Phi) is 3.21. The lowest BCUT2D eigenvalue weighted by molar-refractivity contribution is -0.141. The molecule has 0 bridgehead atoms. The fraction of sp³-hybridized carbons (Fsp3) is 0.562. The summed E-state index contributed by atoms with van der Waals surface area (Å²) in [7, 11) is -3.73. The van der Waals surface area contributed by atoms with Crippen molar-refractivity contribution in [1.82, 2.24) is 4.90 Å². The molecule has 2 atom stereocenters. The molecule has 6 heteroatoms. The van der Waals surface area contributed by atoms with Gasteiger partial charge in [0.05, 0.1) is 17.5 Å². The van der Waals surface area contributed by atoms with Crippen LogP contribution in [-0.2, 0) is 19.4 Å². The number of hydrogen-bond acceptors (Lipinski definition) is 4. The predicted molar refractivity (Wildman–Crippen MR) is 81.9 cm³/mol. The molecule has 1 aromatic rings. The van der Waals surface area contributed by atoms with Crippen molar-refractivity contribution in [2.45, 2.75) is 49.6 Å². The van der Waals surface area contributed by atoms with Crippen LogP contribution in [0.1, 0.15) is 27.7 Å². The molecule has 0 saturated carbocycles.